The van der Waals surface area contributed by atoms with Gasteiger partial charge in [0.05, 0.1) is 4.70 Å². The fourth-order valence-electron chi connectivity index (χ4n) is 2.35. The van der Waals surface area contributed by atoms with Gasteiger partial charge in [-0.2, -0.15) is 0 Å². The van der Waals surface area contributed by atoms with E-state index >= 15 is 0 Å². The number of carbonyl (C=O) groups excluding carboxylic acids is 2. The third-order valence-electron chi connectivity index (χ3n) is 3.89. The molecule has 0 bridgehead atoms. The van der Waals surface area contributed by atoms with E-state index < -0.39 is 12.1 Å². The van der Waals surface area contributed by atoms with Crippen molar-refractivity contribution in [3.05, 3.63) is 41.3 Å². The number of esters is 1. The van der Waals surface area contributed by atoms with Crippen molar-refractivity contribution >= 4 is 54.9 Å². The second-order valence-electron chi connectivity index (χ2n) is 6.12. The van der Waals surface area contributed by atoms with Gasteiger partial charge in [0.15, 0.2) is 11.2 Å². The Morgan fingerprint density at radius 1 is 1.23 bits per heavy atom. The van der Waals surface area contributed by atoms with Crippen LogP contribution < -0.4 is 10.6 Å². The van der Waals surface area contributed by atoms with Crippen LogP contribution in [-0.4, -0.2) is 29.0 Å². The van der Waals surface area contributed by atoms with Crippen molar-refractivity contribution in [1.82, 2.24) is 10.3 Å². The van der Waals surface area contributed by atoms with E-state index in [-0.39, 0.29) is 11.9 Å². The quantitative estimate of drug-likeness (QED) is 0.627. The molecule has 3 aromatic rings. The highest BCUT2D eigenvalue weighted by Crippen LogP contribution is 2.34. The number of fused-ring (bicyclic) bond motifs is 1. The van der Waals surface area contributed by atoms with Crippen molar-refractivity contribution < 1.29 is 14.3 Å². The maximum atomic E-state index is 12.3. The molecule has 8 heteroatoms. The first kappa shape index (κ1) is 17.0. The molecule has 26 heavy (non-hydrogen) atoms. The molecule has 1 aliphatic carbocycles. The minimum atomic E-state index is -0.800. The summed E-state index contributed by atoms with van der Waals surface area (Å²) >= 11 is 2.74. The number of benzene rings is 1. The average Bonchev–Trinajstić information content (AvgIpc) is 3.22. The molecule has 0 saturated heterocycles. The number of ether oxygens (including phenoxy) is 1. The number of thiazole rings is 1. The summed E-state index contributed by atoms with van der Waals surface area (Å²) in [4.78, 5) is 29.9. The van der Waals surface area contributed by atoms with Crippen molar-refractivity contribution in [1.29, 1.82) is 0 Å². The van der Waals surface area contributed by atoms with Gasteiger partial charge in [-0.05, 0) is 38.0 Å². The van der Waals surface area contributed by atoms with Crippen LogP contribution >= 0.6 is 22.7 Å². The Kier molecular flexibility index (Phi) is 4.60. The second kappa shape index (κ2) is 7.05. The predicted molar refractivity (Wildman–Crippen MR) is 103 cm³/mol. The molecular weight excluding hydrogens is 370 g/mol. The van der Waals surface area contributed by atoms with E-state index in [1.807, 2.05) is 30.3 Å². The van der Waals surface area contributed by atoms with Crippen molar-refractivity contribution in [2.24, 2.45) is 0 Å². The largest absolute Gasteiger partial charge is 0.448 e. The van der Waals surface area contributed by atoms with Crippen LogP contribution in [0.2, 0.25) is 0 Å². The number of anilines is 2. The molecule has 0 aliphatic heterocycles. The van der Waals surface area contributed by atoms with Crippen LogP contribution in [-0.2, 0) is 9.53 Å². The molecule has 2 N–H and O–H groups in total. The van der Waals surface area contributed by atoms with Gasteiger partial charge in [0.25, 0.3) is 5.91 Å². The minimum absolute atomic E-state index is 0.244. The van der Waals surface area contributed by atoms with Gasteiger partial charge in [-0.1, -0.05) is 29.5 Å². The lowest BCUT2D eigenvalue weighted by Crippen LogP contribution is -2.36. The topological polar surface area (TPSA) is 80.3 Å². The van der Waals surface area contributed by atoms with Crippen LogP contribution in [0.1, 0.15) is 29.4 Å². The number of nitrogens with one attached hydrogen (secondary N) is 2. The molecule has 1 fully saturated rings. The Morgan fingerprint density at radius 3 is 2.69 bits per heavy atom. The van der Waals surface area contributed by atoms with Gasteiger partial charge >= 0.3 is 5.97 Å². The first-order valence-electron chi connectivity index (χ1n) is 8.32. The smallest absolute Gasteiger partial charge is 0.349 e. The molecule has 6 nitrogen and oxygen atoms in total. The molecule has 1 amide bonds. The lowest BCUT2D eigenvalue weighted by molar-refractivity contribution is -0.129. The monoisotopic (exact) mass is 387 g/mol. The van der Waals surface area contributed by atoms with Crippen molar-refractivity contribution in [2.75, 3.05) is 5.32 Å². The summed E-state index contributed by atoms with van der Waals surface area (Å²) in [5, 5.41) is 6.85. The van der Waals surface area contributed by atoms with Gasteiger partial charge < -0.3 is 15.4 Å². The number of carbonyl (C=O) groups is 2. The van der Waals surface area contributed by atoms with Crippen LogP contribution in [0, 0.1) is 0 Å². The number of hydrogen-bond acceptors (Lipinski definition) is 7. The number of aromatic nitrogens is 1. The SMILES string of the molecule is CC(OC(=O)c1cc2sc(Nc3ccccc3)nc2s1)C(=O)NC1CC1. The normalized spacial score (nSPS) is 14.8. The number of rotatable bonds is 6. The second-order valence-corrected chi connectivity index (χ2v) is 8.18. The number of hydrogen-bond donors (Lipinski definition) is 2. The lowest BCUT2D eigenvalue weighted by Gasteiger charge is -2.12. The molecule has 1 aliphatic rings. The van der Waals surface area contributed by atoms with Crippen LogP contribution in [0.3, 0.4) is 0 Å². The van der Waals surface area contributed by atoms with E-state index in [4.69, 9.17) is 4.74 Å². The highest BCUT2D eigenvalue weighted by Gasteiger charge is 2.28. The first-order chi connectivity index (χ1) is 12.6. The Bertz CT molecular complexity index is 916. The van der Waals surface area contributed by atoms with Gasteiger partial charge in [0.2, 0.25) is 0 Å². The van der Waals surface area contributed by atoms with E-state index in [1.165, 1.54) is 22.7 Å². The summed E-state index contributed by atoms with van der Waals surface area (Å²) in [5.74, 6) is -0.733. The average molecular weight is 387 g/mol. The standard InChI is InChI=1S/C18H17N3O3S2/c1-10(15(22)19-12-7-8-12)24-17(23)14-9-13-16(25-14)21-18(26-13)20-11-5-3-2-4-6-11/h2-6,9-10,12H,7-8H2,1H3,(H,19,22)(H,20,21). The third kappa shape index (κ3) is 3.86. The maximum absolute atomic E-state index is 12.3. The summed E-state index contributed by atoms with van der Waals surface area (Å²) in [6.45, 7) is 1.59. The third-order valence-corrected chi connectivity index (χ3v) is 5.95. The molecule has 2 heterocycles. The van der Waals surface area contributed by atoms with E-state index in [9.17, 15) is 9.59 Å². The summed E-state index contributed by atoms with van der Waals surface area (Å²) < 4.78 is 6.18. The lowest BCUT2D eigenvalue weighted by atomic mass is 10.3. The molecule has 1 aromatic carbocycles. The van der Waals surface area contributed by atoms with E-state index in [0.29, 0.717) is 4.88 Å². The zero-order chi connectivity index (χ0) is 18.1. The summed E-state index contributed by atoms with van der Waals surface area (Å²) in [5.41, 5.74) is 0.962. The summed E-state index contributed by atoms with van der Waals surface area (Å²) in [6.07, 6.45) is 1.20. The van der Waals surface area contributed by atoms with Gasteiger partial charge in [0, 0.05) is 11.7 Å². The molecule has 0 radical (unpaired) electrons. The Labute approximate surface area is 158 Å². The zero-order valence-electron chi connectivity index (χ0n) is 14.0. The fourth-order valence-corrected chi connectivity index (χ4v) is 4.37. The molecule has 1 atom stereocenters. The van der Waals surface area contributed by atoms with E-state index in [2.05, 4.69) is 15.6 Å². The number of thiophene rings is 1. The molecular formula is C18H17N3O3S2. The van der Waals surface area contributed by atoms with Crippen LogP contribution in [0.4, 0.5) is 10.8 Å². The minimum Gasteiger partial charge on any atom is -0.448 e. The van der Waals surface area contributed by atoms with Crippen LogP contribution in [0.5, 0.6) is 0 Å². The van der Waals surface area contributed by atoms with E-state index in [1.54, 1.807) is 13.0 Å². The predicted octanol–water partition coefficient (Wildman–Crippen LogP) is 3.93. The fraction of sp³-hybridized carbons (Fsp3) is 0.278. The van der Waals surface area contributed by atoms with Crippen molar-refractivity contribution in [2.45, 2.75) is 31.9 Å². The molecule has 2 aromatic heterocycles. The number of para-hydroxylation sites is 1. The highest BCUT2D eigenvalue weighted by atomic mass is 32.1. The highest BCUT2D eigenvalue weighted by molar-refractivity contribution is 7.29. The van der Waals surface area contributed by atoms with Crippen molar-refractivity contribution in [3.8, 4) is 0 Å². The van der Waals surface area contributed by atoms with Gasteiger partial charge in [-0.15, -0.1) is 11.3 Å². The summed E-state index contributed by atoms with van der Waals surface area (Å²) in [7, 11) is 0. The van der Waals surface area contributed by atoms with Crippen LogP contribution in [0.15, 0.2) is 36.4 Å². The molecule has 4 rings (SSSR count). The van der Waals surface area contributed by atoms with Gasteiger partial charge in [0.1, 0.15) is 9.71 Å². The van der Waals surface area contributed by atoms with E-state index in [0.717, 1.165) is 33.2 Å². The number of amides is 1. The summed E-state index contributed by atoms with van der Waals surface area (Å²) in [6, 6.07) is 11.8. The van der Waals surface area contributed by atoms with Gasteiger partial charge in [-0.25, -0.2) is 9.78 Å². The number of nitrogens with zero attached hydrogens (tertiary/aromatic N) is 1. The Morgan fingerprint density at radius 2 is 2.00 bits per heavy atom. The molecule has 0 spiro atoms. The molecule has 1 unspecified atom stereocenters. The van der Waals surface area contributed by atoms with Gasteiger partial charge in [-0.3, -0.25) is 4.79 Å². The molecule has 1 saturated carbocycles. The Balaban J connectivity index is 1.41. The van der Waals surface area contributed by atoms with Crippen LogP contribution in [0.25, 0.3) is 9.53 Å². The first-order valence-corrected chi connectivity index (χ1v) is 9.95. The van der Waals surface area contributed by atoms with Crippen molar-refractivity contribution in [3.63, 3.8) is 0 Å². The Hall–Kier alpha value is -2.45. The zero-order valence-corrected chi connectivity index (χ0v) is 15.7. The maximum Gasteiger partial charge on any atom is 0.349 e. The molecule has 134 valence electrons.